The standard InChI is InChI=1S/C23H25N5O3S/c1-4-12-28-20(14-21(29)25-19-11-6-5-8-16(19)2)26-27-23(28)32-15-22(30)24-17-9-7-10-18(13-17)31-3/h4-11,13H,1,12,14-15H2,2-3H3,(H,24,30)(H,25,29). The van der Waals surface area contributed by atoms with Gasteiger partial charge >= 0.3 is 0 Å². The predicted octanol–water partition coefficient (Wildman–Crippen LogP) is 3.69. The molecule has 0 fully saturated rings. The monoisotopic (exact) mass is 451 g/mol. The molecule has 166 valence electrons. The number of hydrogen-bond donors (Lipinski definition) is 2. The Balaban J connectivity index is 1.62. The van der Waals surface area contributed by atoms with Crippen LogP contribution in [0.3, 0.4) is 0 Å². The zero-order chi connectivity index (χ0) is 22.9. The molecule has 8 nitrogen and oxygen atoms in total. The molecule has 0 saturated heterocycles. The second kappa shape index (κ2) is 11.1. The number of carbonyl (C=O) groups excluding carboxylic acids is 2. The van der Waals surface area contributed by atoms with Gasteiger partial charge in [-0.2, -0.15) is 0 Å². The number of aryl methyl sites for hydroxylation is 1. The molecule has 0 aliphatic rings. The molecule has 0 aliphatic carbocycles. The maximum atomic E-state index is 12.5. The number of para-hydroxylation sites is 1. The van der Waals surface area contributed by atoms with Crippen LogP contribution in [-0.2, 0) is 22.6 Å². The van der Waals surface area contributed by atoms with Crippen LogP contribution in [0.1, 0.15) is 11.4 Å². The van der Waals surface area contributed by atoms with E-state index in [1.54, 1.807) is 42.0 Å². The molecule has 0 radical (unpaired) electrons. The summed E-state index contributed by atoms with van der Waals surface area (Å²) >= 11 is 1.25. The van der Waals surface area contributed by atoms with Gasteiger partial charge in [0.1, 0.15) is 11.6 Å². The number of hydrogen-bond acceptors (Lipinski definition) is 6. The fraction of sp³-hybridized carbons (Fsp3) is 0.217. The summed E-state index contributed by atoms with van der Waals surface area (Å²) in [7, 11) is 1.57. The summed E-state index contributed by atoms with van der Waals surface area (Å²) in [5.74, 6) is 0.933. The van der Waals surface area contributed by atoms with Crippen molar-refractivity contribution in [2.24, 2.45) is 0 Å². The molecule has 3 aromatic rings. The van der Waals surface area contributed by atoms with Crippen LogP contribution in [0, 0.1) is 6.92 Å². The Kier molecular flexibility index (Phi) is 8.04. The van der Waals surface area contributed by atoms with E-state index in [9.17, 15) is 9.59 Å². The van der Waals surface area contributed by atoms with Gasteiger partial charge in [0, 0.05) is 24.0 Å². The molecule has 0 saturated carbocycles. The lowest BCUT2D eigenvalue weighted by molar-refractivity contribution is -0.116. The first-order valence-corrected chi connectivity index (χ1v) is 10.9. The summed E-state index contributed by atoms with van der Waals surface area (Å²) in [4.78, 5) is 24.9. The molecule has 3 rings (SSSR count). The number of thioether (sulfide) groups is 1. The van der Waals surface area contributed by atoms with Crippen LogP contribution in [0.5, 0.6) is 5.75 Å². The fourth-order valence-corrected chi connectivity index (χ4v) is 3.71. The Hall–Kier alpha value is -3.59. The van der Waals surface area contributed by atoms with Crippen molar-refractivity contribution in [2.75, 3.05) is 23.5 Å². The molecule has 9 heteroatoms. The highest BCUT2D eigenvalue weighted by Gasteiger charge is 2.17. The van der Waals surface area contributed by atoms with E-state index in [4.69, 9.17) is 4.74 Å². The van der Waals surface area contributed by atoms with Gasteiger partial charge in [0.2, 0.25) is 11.8 Å². The number of amides is 2. The van der Waals surface area contributed by atoms with Crippen molar-refractivity contribution >= 4 is 35.0 Å². The molecular weight excluding hydrogens is 426 g/mol. The molecule has 2 aromatic carbocycles. The number of methoxy groups -OCH3 is 1. The average molecular weight is 452 g/mol. The topological polar surface area (TPSA) is 98.1 Å². The summed E-state index contributed by atoms with van der Waals surface area (Å²) in [5.41, 5.74) is 2.39. The number of rotatable bonds is 10. The van der Waals surface area contributed by atoms with Crippen molar-refractivity contribution in [3.63, 3.8) is 0 Å². The molecule has 2 N–H and O–H groups in total. The second-order valence-corrected chi connectivity index (χ2v) is 7.85. The Morgan fingerprint density at radius 2 is 1.94 bits per heavy atom. The molecule has 0 unspecified atom stereocenters. The zero-order valence-corrected chi connectivity index (χ0v) is 18.8. The number of aromatic nitrogens is 3. The minimum absolute atomic E-state index is 0.0613. The SMILES string of the molecule is C=CCn1c(CC(=O)Nc2ccccc2C)nnc1SCC(=O)Nc1cccc(OC)c1. The number of allylic oxidation sites excluding steroid dienone is 1. The minimum atomic E-state index is -0.190. The van der Waals surface area contributed by atoms with Gasteiger partial charge < -0.3 is 19.9 Å². The van der Waals surface area contributed by atoms with Gasteiger partial charge in [-0.3, -0.25) is 9.59 Å². The van der Waals surface area contributed by atoms with Gasteiger partial charge in [0.05, 0.1) is 19.3 Å². The Morgan fingerprint density at radius 3 is 2.69 bits per heavy atom. The predicted molar refractivity (Wildman–Crippen MR) is 126 cm³/mol. The summed E-state index contributed by atoms with van der Waals surface area (Å²) in [5, 5.41) is 14.6. The third-order valence-electron chi connectivity index (χ3n) is 4.53. The van der Waals surface area contributed by atoms with E-state index >= 15 is 0 Å². The first kappa shape index (κ1) is 23.1. The maximum absolute atomic E-state index is 12.5. The molecular formula is C23H25N5O3S. The summed E-state index contributed by atoms with van der Waals surface area (Å²) in [6.07, 6.45) is 1.76. The number of carbonyl (C=O) groups is 2. The Bertz CT molecular complexity index is 1110. The first-order valence-electron chi connectivity index (χ1n) is 9.95. The van der Waals surface area contributed by atoms with Crippen molar-refractivity contribution in [3.8, 4) is 5.75 Å². The van der Waals surface area contributed by atoms with Gasteiger partial charge in [-0.15, -0.1) is 16.8 Å². The van der Waals surface area contributed by atoms with Crippen molar-refractivity contribution < 1.29 is 14.3 Å². The summed E-state index contributed by atoms with van der Waals surface area (Å²) in [6.45, 7) is 6.13. The van der Waals surface area contributed by atoms with E-state index < -0.39 is 0 Å². The largest absolute Gasteiger partial charge is 0.497 e. The first-order chi connectivity index (χ1) is 15.5. The number of ether oxygens (including phenoxy) is 1. The van der Waals surface area contributed by atoms with Gasteiger partial charge in [0.25, 0.3) is 0 Å². The minimum Gasteiger partial charge on any atom is -0.497 e. The van der Waals surface area contributed by atoms with Crippen LogP contribution in [-0.4, -0.2) is 39.4 Å². The van der Waals surface area contributed by atoms with Crippen molar-refractivity contribution in [1.29, 1.82) is 0 Å². The molecule has 2 amide bonds. The van der Waals surface area contributed by atoms with E-state index in [1.807, 2.05) is 31.2 Å². The number of nitrogens with one attached hydrogen (secondary N) is 2. The van der Waals surface area contributed by atoms with Crippen LogP contribution in [0.2, 0.25) is 0 Å². The van der Waals surface area contributed by atoms with Crippen LogP contribution in [0.15, 0.2) is 66.3 Å². The normalized spacial score (nSPS) is 10.4. The van der Waals surface area contributed by atoms with Crippen LogP contribution in [0.4, 0.5) is 11.4 Å². The average Bonchev–Trinajstić information content (AvgIpc) is 3.15. The van der Waals surface area contributed by atoms with Crippen molar-refractivity contribution in [3.05, 3.63) is 72.6 Å². The molecule has 1 heterocycles. The lowest BCUT2D eigenvalue weighted by atomic mass is 10.2. The smallest absolute Gasteiger partial charge is 0.234 e. The molecule has 0 aliphatic heterocycles. The second-order valence-electron chi connectivity index (χ2n) is 6.91. The van der Waals surface area contributed by atoms with Gasteiger partial charge in [-0.05, 0) is 30.7 Å². The van der Waals surface area contributed by atoms with E-state index in [0.717, 1.165) is 11.3 Å². The molecule has 0 bridgehead atoms. The number of anilines is 2. The van der Waals surface area contributed by atoms with Gasteiger partial charge in [-0.25, -0.2) is 0 Å². The van der Waals surface area contributed by atoms with Crippen LogP contribution < -0.4 is 15.4 Å². The lowest BCUT2D eigenvalue weighted by Crippen LogP contribution is -2.18. The van der Waals surface area contributed by atoms with Crippen molar-refractivity contribution in [1.82, 2.24) is 14.8 Å². The molecule has 32 heavy (non-hydrogen) atoms. The van der Waals surface area contributed by atoms with Crippen LogP contribution in [0.25, 0.3) is 0 Å². The van der Waals surface area contributed by atoms with Gasteiger partial charge in [-0.1, -0.05) is 42.1 Å². The van der Waals surface area contributed by atoms with Crippen LogP contribution >= 0.6 is 11.8 Å². The van der Waals surface area contributed by atoms with Crippen molar-refractivity contribution in [2.45, 2.75) is 25.0 Å². The summed E-state index contributed by atoms with van der Waals surface area (Å²) in [6, 6.07) is 14.7. The molecule has 0 atom stereocenters. The Labute approximate surface area is 191 Å². The third kappa shape index (κ3) is 6.21. The summed E-state index contributed by atoms with van der Waals surface area (Å²) < 4.78 is 6.95. The van der Waals surface area contributed by atoms with Gasteiger partial charge in [0.15, 0.2) is 5.16 Å². The quantitative estimate of drug-likeness (QED) is 0.360. The maximum Gasteiger partial charge on any atom is 0.234 e. The van der Waals surface area contributed by atoms with E-state index in [2.05, 4.69) is 27.4 Å². The highest BCUT2D eigenvalue weighted by molar-refractivity contribution is 7.99. The zero-order valence-electron chi connectivity index (χ0n) is 18.0. The van der Waals surface area contributed by atoms with E-state index in [-0.39, 0.29) is 24.0 Å². The van der Waals surface area contributed by atoms with E-state index in [1.165, 1.54) is 11.8 Å². The fourth-order valence-electron chi connectivity index (χ4n) is 2.95. The molecule has 1 aromatic heterocycles. The van der Waals surface area contributed by atoms with E-state index in [0.29, 0.717) is 29.0 Å². The third-order valence-corrected chi connectivity index (χ3v) is 5.50. The highest BCUT2D eigenvalue weighted by atomic mass is 32.2. The number of nitrogens with zero attached hydrogens (tertiary/aromatic N) is 3. The highest BCUT2D eigenvalue weighted by Crippen LogP contribution is 2.20. The lowest BCUT2D eigenvalue weighted by Gasteiger charge is -2.10. The number of benzene rings is 2. The Morgan fingerprint density at radius 1 is 1.12 bits per heavy atom. The molecule has 0 spiro atoms.